The third-order valence-corrected chi connectivity index (χ3v) is 3.19. The van der Waals surface area contributed by atoms with Crippen molar-refractivity contribution >= 4 is 0 Å². The predicted octanol–water partition coefficient (Wildman–Crippen LogP) is 5.36. The summed E-state index contributed by atoms with van der Waals surface area (Å²) >= 11 is 0. The van der Waals surface area contributed by atoms with Crippen LogP contribution in [0, 0.1) is 11.8 Å². The minimum absolute atomic E-state index is 0.709. The van der Waals surface area contributed by atoms with Crippen molar-refractivity contribution in [3.63, 3.8) is 0 Å². The van der Waals surface area contributed by atoms with E-state index in [0.29, 0.717) is 5.92 Å². The van der Waals surface area contributed by atoms with Gasteiger partial charge in [0.05, 0.1) is 0 Å². The third-order valence-electron chi connectivity index (χ3n) is 3.19. The van der Waals surface area contributed by atoms with Gasteiger partial charge in [-0.3, -0.25) is 0 Å². The van der Waals surface area contributed by atoms with Gasteiger partial charge in [0.1, 0.15) is 0 Å². The lowest BCUT2D eigenvalue weighted by atomic mass is 9.94. The Balaban J connectivity index is 3.98. The zero-order valence-electron chi connectivity index (χ0n) is 11.4. The van der Waals surface area contributed by atoms with Crippen LogP contribution in [0.2, 0.25) is 0 Å². The fourth-order valence-corrected chi connectivity index (χ4v) is 1.42. The van der Waals surface area contributed by atoms with E-state index in [0.717, 1.165) is 5.92 Å². The van der Waals surface area contributed by atoms with Gasteiger partial charge in [-0.25, -0.2) is 0 Å². The fourth-order valence-electron chi connectivity index (χ4n) is 1.42. The van der Waals surface area contributed by atoms with E-state index in [2.05, 4.69) is 53.7 Å². The van der Waals surface area contributed by atoms with Gasteiger partial charge in [-0.15, -0.1) is 0 Å². The molecule has 0 aromatic heterocycles. The monoisotopic (exact) mass is 208 g/mol. The highest BCUT2D eigenvalue weighted by atomic mass is 14.1. The van der Waals surface area contributed by atoms with Gasteiger partial charge in [-0.05, 0) is 44.9 Å². The predicted molar refractivity (Wildman–Crippen MR) is 71.0 cm³/mol. The second-order valence-corrected chi connectivity index (χ2v) is 5.06. The first-order valence-corrected chi connectivity index (χ1v) is 6.30. The second kappa shape index (κ2) is 7.73. The molecule has 0 aromatic carbocycles. The van der Waals surface area contributed by atoms with Crippen molar-refractivity contribution < 1.29 is 0 Å². The zero-order valence-corrected chi connectivity index (χ0v) is 11.4. The molecule has 0 aromatic rings. The van der Waals surface area contributed by atoms with Crippen LogP contribution >= 0.6 is 0 Å². The van der Waals surface area contributed by atoms with E-state index in [-0.39, 0.29) is 0 Å². The van der Waals surface area contributed by atoms with Gasteiger partial charge in [0.15, 0.2) is 0 Å². The molecule has 0 radical (unpaired) electrons. The van der Waals surface area contributed by atoms with E-state index >= 15 is 0 Å². The smallest absolute Gasteiger partial charge is 0.0236 e. The molecule has 0 bridgehead atoms. The Morgan fingerprint density at radius 2 is 1.67 bits per heavy atom. The summed E-state index contributed by atoms with van der Waals surface area (Å²) in [6, 6.07) is 0. The molecule has 0 heterocycles. The van der Waals surface area contributed by atoms with E-state index < -0.39 is 0 Å². The van der Waals surface area contributed by atoms with Crippen LogP contribution in [0.3, 0.4) is 0 Å². The molecule has 0 rings (SSSR count). The lowest BCUT2D eigenvalue weighted by Gasteiger charge is -2.11. The van der Waals surface area contributed by atoms with Crippen LogP contribution in [-0.4, -0.2) is 0 Å². The summed E-state index contributed by atoms with van der Waals surface area (Å²) in [5.74, 6) is 1.47. The maximum atomic E-state index is 2.43. The molecule has 0 nitrogen and oxygen atoms in total. The quantitative estimate of drug-likeness (QED) is 0.515. The summed E-state index contributed by atoms with van der Waals surface area (Å²) < 4.78 is 0. The molecule has 0 spiro atoms. The van der Waals surface area contributed by atoms with Crippen LogP contribution in [0.1, 0.15) is 60.8 Å². The maximum absolute atomic E-state index is 2.43. The first-order chi connectivity index (χ1) is 6.97. The first-order valence-electron chi connectivity index (χ1n) is 6.30. The summed E-state index contributed by atoms with van der Waals surface area (Å²) in [4.78, 5) is 0. The van der Waals surface area contributed by atoms with Crippen molar-refractivity contribution in [2.24, 2.45) is 11.8 Å². The minimum atomic E-state index is 0.709. The van der Waals surface area contributed by atoms with Crippen molar-refractivity contribution in [2.45, 2.75) is 60.8 Å². The molecule has 0 aliphatic carbocycles. The molecular formula is C15H28. The summed E-state index contributed by atoms with van der Waals surface area (Å²) in [7, 11) is 0. The van der Waals surface area contributed by atoms with Crippen LogP contribution in [0.25, 0.3) is 0 Å². The highest BCUT2D eigenvalue weighted by Crippen LogP contribution is 2.16. The molecular weight excluding hydrogens is 180 g/mol. The van der Waals surface area contributed by atoms with Gasteiger partial charge in [-0.1, -0.05) is 51.0 Å². The van der Waals surface area contributed by atoms with Crippen LogP contribution in [0.15, 0.2) is 23.3 Å². The molecule has 1 atom stereocenters. The molecule has 0 N–H and O–H groups in total. The van der Waals surface area contributed by atoms with Crippen LogP contribution in [0.4, 0.5) is 0 Å². The van der Waals surface area contributed by atoms with Crippen molar-refractivity contribution in [3.8, 4) is 0 Å². The van der Waals surface area contributed by atoms with E-state index in [4.69, 9.17) is 0 Å². The van der Waals surface area contributed by atoms with Gasteiger partial charge in [0.25, 0.3) is 0 Å². The van der Waals surface area contributed by atoms with Gasteiger partial charge in [-0.2, -0.15) is 0 Å². The van der Waals surface area contributed by atoms with Crippen LogP contribution in [-0.2, 0) is 0 Å². The van der Waals surface area contributed by atoms with E-state index in [1.54, 1.807) is 0 Å². The van der Waals surface area contributed by atoms with Crippen LogP contribution < -0.4 is 0 Å². The molecule has 0 fully saturated rings. The molecule has 0 aliphatic heterocycles. The highest BCUT2D eigenvalue weighted by molar-refractivity contribution is 5.04. The van der Waals surface area contributed by atoms with Crippen molar-refractivity contribution in [3.05, 3.63) is 23.3 Å². The summed E-state index contributed by atoms with van der Waals surface area (Å²) in [5, 5.41) is 0. The topological polar surface area (TPSA) is 0 Å². The molecule has 88 valence electrons. The molecule has 0 saturated heterocycles. The average molecular weight is 208 g/mol. The molecule has 0 saturated carbocycles. The zero-order chi connectivity index (χ0) is 11.8. The van der Waals surface area contributed by atoms with Gasteiger partial charge < -0.3 is 0 Å². The standard InChI is InChI=1S/C15H28/c1-7-13(4)9-8-10-14(5)11-15(6)12(2)3/h9,11-12,15H,7-8,10H2,1-6H3. The highest BCUT2D eigenvalue weighted by Gasteiger charge is 2.03. The maximum Gasteiger partial charge on any atom is -0.0236 e. The number of hydrogen-bond acceptors (Lipinski definition) is 0. The fraction of sp³-hybridized carbons (Fsp3) is 0.733. The van der Waals surface area contributed by atoms with E-state index in [1.165, 1.54) is 30.4 Å². The van der Waals surface area contributed by atoms with Crippen LogP contribution in [0.5, 0.6) is 0 Å². The summed E-state index contributed by atoms with van der Waals surface area (Å²) in [6.07, 6.45) is 8.41. The Labute approximate surface area is 96.5 Å². The summed E-state index contributed by atoms with van der Waals surface area (Å²) in [6.45, 7) is 13.6. The second-order valence-electron chi connectivity index (χ2n) is 5.06. The number of allylic oxidation sites excluding steroid dienone is 4. The Morgan fingerprint density at radius 3 is 2.13 bits per heavy atom. The molecule has 15 heavy (non-hydrogen) atoms. The Kier molecular flexibility index (Phi) is 7.46. The van der Waals surface area contributed by atoms with Gasteiger partial charge in [0, 0.05) is 0 Å². The van der Waals surface area contributed by atoms with Gasteiger partial charge >= 0.3 is 0 Å². The molecule has 0 heteroatoms. The average Bonchev–Trinajstić information content (AvgIpc) is 2.17. The SMILES string of the molecule is CCC(C)=CCCC(C)=CC(C)C(C)C. The number of hydrogen-bond donors (Lipinski definition) is 0. The first kappa shape index (κ1) is 14.5. The normalized spacial score (nSPS) is 15.9. The lowest BCUT2D eigenvalue weighted by Crippen LogP contribution is -2.00. The largest absolute Gasteiger partial charge is 0.0853 e. The minimum Gasteiger partial charge on any atom is -0.0853 e. The Morgan fingerprint density at radius 1 is 1.07 bits per heavy atom. The van der Waals surface area contributed by atoms with E-state index in [9.17, 15) is 0 Å². The van der Waals surface area contributed by atoms with Gasteiger partial charge in [0.2, 0.25) is 0 Å². The Bertz CT molecular complexity index is 218. The third kappa shape index (κ3) is 7.41. The van der Waals surface area contributed by atoms with Crippen molar-refractivity contribution in [2.75, 3.05) is 0 Å². The molecule has 0 amide bonds. The van der Waals surface area contributed by atoms with Crippen molar-refractivity contribution in [1.82, 2.24) is 0 Å². The molecule has 1 unspecified atom stereocenters. The summed E-state index contributed by atoms with van der Waals surface area (Å²) in [5.41, 5.74) is 3.05. The van der Waals surface area contributed by atoms with E-state index in [1.807, 2.05) is 0 Å². The Hall–Kier alpha value is -0.520. The molecule has 0 aliphatic rings. The lowest BCUT2D eigenvalue weighted by molar-refractivity contribution is 0.500. The van der Waals surface area contributed by atoms with Crippen molar-refractivity contribution in [1.29, 1.82) is 0 Å². The number of rotatable bonds is 6.